The van der Waals surface area contributed by atoms with Gasteiger partial charge in [0.05, 0.1) is 33.7 Å². The third-order valence-corrected chi connectivity index (χ3v) is 7.63. The fourth-order valence-corrected chi connectivity index (χ4v) is 5.00. The zero-order chi connectivity index (χ0) is 22.8. The number of halogens is 3. The molecule has 1 amide bonds. The summed E-state index contributed by atoms with van der Waals surface area (Å²) in [7, 11) is -3.87. The van der Waals surface area contributed by atoms with Gasteiger partial charge in [0.15, 0.2) is 0 Å². The van der Waals surface area contributed by atoms with Crippen LogP contribution in [0.25, 0.3) is 0 Å². The first-order chi connectivity index (χ1) is 14.6. The number of carbonyl (C=O) groups is 1. The van der Waals surface area contributed by atoms with Crippen molar-refractivity contribution in [1.29, 1.82) is 0 Å². The van der Waals surface area contributed by atoms with Crippen LogP contribution in [0.1, 0.15) is 29.8 Å². The molecule has 1 heterocycles. The monoisotopic (exact) mass is 488 g/mol. The fraction of sp³-hybridized carbons (Fsp3) is 0.381. The van der Waals surface area contributed by atoms with Gasteiger partial charge in [0.2, 0.25) is 10.0 Å². The molecule has 1 aliphatic rings. The zero-order valence-electron chi connectivity index (χ0n) is 17.1. The number of sulfonamides is 1. The molecule has 0 aromatic heterocycles. The van der Waals surface area contributed by atoms with Gasteiger partial charge in [-0.2, -0.15) is 4.31 Å². The lowest BCUT2D eigenvalue weighted by atomic mass is 10.1. The highest BCUT2D eigenvalue weighted by atomic mass is 35.5. The fourth-order valence-electron chi connectivity index (χ4n) is 3.24. The molecule has 0 bridgehead atoms. The van der Waals surface area contributed by atoms with Crippen LogP contribution in [0.2, 0.25) is 10.0 Å². The van der Waals surface area contributed by atoms with E-state index in [2.05, 4.69) is 0 Å². The summed E-state index contributed by atoms with van der Waals surface area (Å²) in [5.41, 5.74) is 0.414. The van der Waals surface area contributed by atoms with Crippen molar-refractivity contribution in [3.05, 3.63) is 63.4 Å². The van der Waals surface area contributed by atoms with Gasteiger partial charge < -0.3 is 9.64 Å². The first kappa shape index (κ1) is 23.9. The molecule has 2 aromatic carbocycles. The smallest absolute Gasteiger partial charge is 0.257 e. The normalized spacial score (nSPS) is 15.3. The number of rotatable bonds is 6. The number of hydrogen-bond donors (Lipinski definition) is 0. The van der Waals surface area contributed by atoms with Crippen LogP contribution in [0, 0.1) is 5.82 Å². The van der Waals surface area contributed by atoms with Gasteiger partial charge in [0, 0.05) is 25.7 Å². The minimum Gasteiger partial charge on any atom is -0.379 e. The molecule has 0 N–H and O–H groups in total. The average Bonchev–Trinajstić information content (AvgIpc) is 2.74. The molecule has 31 heavy (non-hydrogen) atoms. The molecule has 168 valence electrons. The van der Waals surface area contributed by atoms with Gasteiger partial charge in [-0.3, -0.25) is 4.79 Å². The van der Waals surface area contributed by atoms with Crippen molar-refractivity contribution in [2.24, 2.45) is 0 Å². The predicted octanol–water partition coefficient (Wildman–Crippen LogP) is 4.20. The lowest BCUT2D eigenvalue weighted by molar-refractivity contribution is 0.0684. The maximum absolute atomic E-state index is 14.6. The summed E-state index contributed by atoms with van der Waals surface area (Å²) in [6.07, 6.45) is 0. The second-order valence-electron chi connectivity index (χ2n) is 7.43. The lowest BCUT2D eigenvalue weighted by Gasteiger charge is -2.28. The molecule has 1 saturated heterocycles. The summed E-state index contributed by atoms with van der Waals surface area (Å²) in [6.45, 7) is 4.74. The van der Waals surface area contributed by atoms with Crippen LogP contribution >= 0.6 is 23.2 Å². The molecular formula is C21H23Cl2FN2O4S. The van der Waals surface area contributed by atoms with Crippen LogP contribution < -0.4 is 0 Å². The maximum Gasteiger partial charge on any atom is 0.257 e. The van der Waals surface area contributed by atoms with Gasteiger partial charge in [-0.1, -0.05) is 29.3 Å². The Morgan fingerprint density at radius 3 is 2.42 bits per heavy atom. The van der Waals surface area contributed by atoms with E-state index in [1.54, 1.807) is 32.0 Å². The van der Waals surface area contributed by atoms with E-state index in [1.165, 1.54) is 15.3 Å². The summed E-state index contributed by atoms with van der Waals surface area (Å²) in [5, 5.41) is 0.736. The van der Waals surface area contributed by atoms with E-state index in [9.17, 15) is 17.6 Å². The number of nitrogens with zero attached hydrogens (tertiary/aromatic N) is 2. The van der Waals surface area contributed by atoms with Crippen molar-refractivity contribution in [1.82, 2.24) is 9.21 Å². The number of amides is 1. The van der Waals surface area contributed by atoms with Crippen LogP contribution in [-0.4, -0.2) is 55.9 Å². The molecule has 1 fully saturated rings. The molecule has 0 aliphatic carbocycles. The molecular weight excluding hydrogens is 466 g/mol. The van der Waals surface area contributed by atoms with Gasteiger partial charge >= 0.3 is 0 Å². The highest BCUT2D eigenvalue weighted by Gasteiger charge is 2.29. The molecule has 0 radical (unpaired) electrons. The van der Waals surface area contributed by atoms with E-state index in [-0.39, 0.29) is 49.3 Å². The topological polar surface area (TPSA) is 66.9 Å². The molecule has 0 unspecified atom stereocenters. The number of morpholine rings is 1. The van der Waals surface area contributed by atoms with E-state index in [1.807, 2.05) is 0 Å². The number of hydrogen-bond acceptors (Lipinski definition) is 4. The third kappa shape index (κ3) is 5.38. The van der Waals surface area contributed by atoms with Crippen molar-refractivity contribution in [2.45, 2.75) is 31.3 Å². The van der Waals surface area contributed by atoms with Crippen molar-refractivity contribution in [3.8, 4) is 0 Å². The molecule has 0 atom stereocenters. The van der Waals surface area contributed by atoms with Crippen LogP contribution in [0.4, 0.5) is 4.39 Å². The molecule has 0 spiro atoms. The number of ether oxygens (including phenoxy) is 1. The molecule has 0 saturated carbocycles. The molecule has 2 aromatic rings. The van der Waals surface area contributed by atoms with Gasteiger partial charge in [0.25, 0.3) is 5.91 Å². The Balaban J connectivity index is 1.92. The first-order valence-electron chi connectivity index (χ1n) is 9.73. The first-order valence-corrected chi connectivity index (χ1v) is 11.9. The van der Waals surface area contributed by atoms with Crippen LogP contribution in [0.3, 0.4) is 0 Å². The lowest BCUT2D eigenvalue weighted by Crippen LogP contribution is -2.41. The molecule has 3 rings (SSSR count). The van der Waals surface area contributed by atoms with Crippen molar-refractivity contribution in [3.63, 3.8) is 0 Å². The zero-order valence-corrected chi connectivity index (χ0v) is 19.5. The Morgan fingerprint density at radius 2 is 1.81 bits per heavy atom. The summed E-state index contributed by atoms with van der Waals surface area (Å²) in [6, 6.07) is 8.01. The van der Waals surface area contributed by atoms with Crippen LogP contribution in [0.15, 0.2) is 41.3 Å². The van der Waals surface area contributed by atoms with Crippen molar-refractivity contribution >= 4 is 39.1 Å². The summed E-state index contributed by atoms with van der Waals surface area (Å²) in [4.78, 5) is 14.5. The third-order valence-electron chi connectivity index (χ3n) is 5.00. The van der Waals surface area contributed by atoms with E-state index < -0.39 is 21.7 Å². The highest BCUT2D eigenvalue weighted by Crippen LogP contribution is 2.26. The van der Waals surface area contributed by atoms with Crippen molar-refractivity contribution < 1.29 is 22.3 Å². The van der Waals surface area contributed by atoms with Crippen LogP contribution in [-0.2, 0) is 21.3 Å². The van der Waals surface area contributed by atoms with E-state index in [0.29, 0.717) is 15.6 Å². The summed E-state index contributed by atoms with van der Waals surface area (Å²) >= 11 is 12.0. The molecule has 1 aliphatic heterocycles. The maximum atomic E-state index is 14.6. The largest absolute Gasteiger partial charge is 0.379 e. The Labute approximate surface area is 191 Å². The SMILES string of the molecule is CC(C)N(Cc1ccc(Cl)c(Cl)c1)C(=O)c1cc(S(=O)(=O)N2CCOCC2)ccc1F. The second kappa shape index (κ2) is 9.83. The van der Waals surface area contributed by atoms with Crippen molar-refractivity contribution in [2.75, 3.05) is 26.3 Å². The Hall–Kier alpha value is -1.71. The van der Waals surface area contributed by atoms with Crippen LogP contribution in [0.5, 0.6) is 0 Å². The second-order valence-corrected chi connectivity index (χ2v) is 10.2. The van der Waals surface area contributed by atoms with Gasteiger partial charge in [0.1, 0.15) is 5.82 Å². The van der Waals surface area contributed by atoms with Gasteiger partial charge in [-0.05, 0) is 49.7 Å². The average molecular weight is 489 g/mol. The number of benzene rings is 2. The van der Waals surface area contributed by atoms with E-state index in [0.717, 1.165) is 12.1 Å². The minimum atomic E-state index is -3.87. The Morgan fingerprint density at radius 1 is 1.13 bits per heavy atom. The standard InChI is InChI=1S/C21H23Cl2FN2O4S/c1-14(2)26(13-15-3-5-18(22)19(23)11-15)21(27)17-12-16(4-6-20(17)24)31(28,29)25-7-9-30-10-8-25/h3-6,11-12,14H,7-10,13H2,1-2H3. The molecule has 10 heteroatoms. The number of carbonyl (C=O) groups excluding carboxylic acids is 1. The highest BCUT2D eigenvalue weighted by molar-refractivity contribution is 7.89. The summed E-state index contributed by atoms with van der Waals surface area (Å²) < 4.78 is 47.0. The summed E-state index contributed by atoms with van der Waals surface area (Å²) in [5.74, 6) is -1.40. The Kier molecular flexibility index (Phi) is 7.59. The molecule has 6 nitrogen and oxygen atoms in total. The predicted molar refractivity (Wildman–Crippen MR) is 117 cm³/mol. The van der Waals surface area contributed by atoms with E-state index >= 15 is 0 Å². The quantitative estimate of drug-likeness (QED) is 0.610. The minimum absolute atomic E-state index is 0.127. The van der Waals surface area contributed by atoms with Gasteiger partial charge in [-0.15, -0.1) is 0 Å². The van der Waals surface area contributed by atoms with E-state index in [4.69, 9.17) is 27.9 Å². The van der Waals surface area contributed by atoms with Gasteiger partial charge in [-0.25, -0.2) is 12.8 Å². The Bertz CT molecular complexity index is 1070.